The van der Waals surface area contributed by atoms with Crippen LogP contribution >= 0.6 is 0 Å². The fourth-order valence-corrected chi connectivity index (χ4v) is 3.25. The molecular weight excluding hydrogens is 282 g/mol. The minimum atomic E-state index is -0.480. The second kappa shape index (κ2) is 6.71. The number of esters is 1. The van der Waals surface area contributed by atoms with Crippen LogP contribution in [0.15, 0.2) is 11.6 Å². The molecular formula is C17H27NO4. The highest BCUT2D eigenvalue weighted by atomic mass is 16.6. The van der Waals surface area contributed by atoms with Crippen molar-refractivity contribution in [2.75, 3.05) is 13.2 Å². The summed E-state index contributed by atoms with van der Waals surface area (Å²) in [4.78, 5) is 25.9. The Balaban J connectivity index is 2.07. The van der Waals surface area contributed by atoms with E-state index in [9.17, 15) is 9.59 Å². The van der Waals surface area contributed by atoms with Gasteiger partial charge in [-0.15, -0.1) is 0 Å². The van der Waals surface area contributed by atoms with Gasteiger partial charge in [0, 0.05) is 18.7 Å². The van der Waals surface area contributed by atoms with Gasteiger partial charge in [-0.05, 0) is 59.3 Å². The predicted molar refractivity (Wildman–Crippen MR) is 83.4 cm³/mol. The number of nitrogens with zero attached hydrogens (tertiary/aromatic N) is 1. The summed E-state index contributed by atoms with van der Waals surface area (Å²) in [7, 11) is 0. The Bertz CT molecular complexity index is 464. The van der Waals surface area contributed by atoms with Crippen LogP contribution in [0.25, 0.3) is 0 Å². The zero-order chi connectivity index (χ0) is 16.3. The molecule has 2 atom stereocenters. The molecule has 0 spiro atoms. The minimum absolute atomic E-state index is 0.134. The minimum Gasteiger partial charge on any atom is -0.463 e. The number of carbonyl (C=O) groups excluding carboxylic acids is 2. The van der Waals surface area contributed by atoms with Crippen molar-refractivity contribution in [3.63, 3.8) is 0 Å². The highest BCUT2D eigenvalue weighted by Crippen LogP contribution is 2.36. The number of hydrogen-bond donors (Lipinski definition) is 0. The number of fused-ring (bicyclic) bond motifs is 4. The molecule has 1 saturated carbocycles. The largest absolute Gasteiger partial charge is 0.463 e. The highest BCUT2D eigenvalue weighted by Gasteiger charge is 2.38. The van der Waals surface area contributed by atoms with Crippen LogP contribution in [0, 0.1) is 5.92 Å². The summed E-state index contributed by atoms with van der Waals surface area (Å²) < 4.78 is 10.5. The van der Waals surface area contributed by atoms with Gasteiger partial charge in [0.2, 0.25) is 0 Å². The number of amides is 1. The van der Waals surface area contributed by atoms with Gasteiger partial charge in [0.15, 0.2) is 0 Å². The van der Waals surface area contributed by atoms with Crippen LogP contribution < -0.4 is 0 Å². The van der Waals surface area contributed by atoms with Gasteiger partial charge in [-0.3, -0.25) is 0 Å². The summed E-state index contributed by atoms with van der Waals surface area (Å²) >= 11 is 0. The first-order valence-electron chi connectivity index (χ1n) is 8.14. The van der Waals surface area contributed by atoms with Crippen LogP contribution in [-0.2, 0) is 14.3 Å². The van der Waals surface area contributed by atoms with E-state index in [0.717, 1.165) is 37.8 Å². The van der Waals surface area contributed by atoms with Crippen molar-refractivity contribution < 1.29 is 19.1 Å². The molecule has 0 N–H and O–H groups in total. The van der Waals surface area contributed by atoms with E-state index < -0.39 is 5.60 Å². The summed E-state index contributed by atoms with van der Waals surface area (Å²) in [5.41, 5.74) is 0.615. The van der Waals surface area contributed by atoms with Gasteiger partial charge < -0.3 is 14.4 Å². The van der Waals surface area contributed by atoms with Crippen molar-refractivity contribution in [2.24, 2.45) is 5.92 Å². The molecule has 0 aromatic heterocycles. The average molecular weight is 309 g/mol. The van der Waals surface area contributed by atoms with Gasteiger partial charge >= 0.3 is 12.1 Å². The first kappa shape index (κ1) is 16.8. The van der Waals surface area contributed by atoms with E-state index in [1.54, 1.807) is 13.0 Å². The number of rotatable bonds is 2. The lowest BCUT2D eigenvalue weighted by Gasteiger charge is -2.37. The summed E-state index contributed by atoms with van der Waals surface area (Å²) in [6, 6.07) is 0.134. The Labute approximate surface area is 132 Å². The molecule has 3 fully saturated rings. The van der Waals surface area contributed by atoms with Crippen LogP contribution in [-0.4, -0.2) is 41.8 Å². The molecule has 5 nitrogen and oxygen atoms in total. The SMILES string of the molecule is CCOC(=O)/C=C1\CC2CC[C@@H](C1)N(C(=O)OC(C)(C)C)C2. The summed E-state index contributed by atoms with van der Waals surface area (Å²) in [6.07, 6.45) is 5.07. The molecule has 1 amide bonds. The molecule has 2 heterocycles. The lowest BCUT2D eigenvalue weighted by Crippen LogP contribution is -2.47. The second-order valence-corrected chi connectivity index (χ2v) is 7.19. The second-order valence-electron chi connectivity index (χ2n) is 7.19. The fourth-order valence-electron chi connectivity index (χ4n) is 3.25. The zero-order valence-electron chi connectivity index (χ0n) is 14.1. The molecule has 0 aromatic carbocycles. The molecule has 124 valence electrons. The number of carbonyl (C=O) groups is 2. The molecule has 0 radical (unpaired) electrons. The smallest absolute Gasteiger partial charge is 0.410 e. The van der Waals surface area contributed by atoms with E-state index in [2.05, 4.69) is 0 Å². The van der Waals surface area contributed by atoms with Crippen molar-refractivity contribution in [1.29, 1.82) is 0 Å². The van der Waals surface area contributed by atoms with Crippen molar-refractivity contribution in [3.05, 3.63) is 11.6 Å². The molecule has 2 saturated heterocycles. The Morgan fingerprint density at radius 1 is 1.27 bits per heavy atom. The maximum absolute atomic E-state index is 12.4. The molecule has 2 aliphatic heterocycles. The number of piperidine rings is 1. The maximum atomic E-state index is 12.4. The van der Waals surface area contributed by atoms with E-state index in [4.69, 9.17) is 9.47 Å². The number of ether oxygens (including phenoxy) is 2. The van der Waals surface area contributed by atoms with Crippen LogP contribution in [0.5, 0.6) is 0 Å². The molecule has 3 rings (SSSR count). The molecule has 1 unspecified atom stereocenters. The first-order chi connectivity index (χ1) is 10.3. The van der Waals surface area contributed by atoms with Crippen LogP contribution in [0.1, 0.15) is 53.4 Å². The lowest BCUT2D eigenvalue weighted by molar-refractivity contribution is -0.137. The van der Waals surface area contributed by atoms with Gasteiger partial charge in [0.25, 0.3) is 0 Å². The van der Waals surface area contributed by atoms with E-state index in [0.29, 0.717) is 12.5 Å². The van der Waals surface area contributed by atoms with E-state index in [1.807, 2.05) is 25.7 Å². The van der Waals surface area contributed by atoms with Gasteiger partial charge in [-0.1, -0.05) is 5.57 Å². The van der Waals surface area contributed by atoms with Crippen molar-refractivity contribution in [3.8, 4) is 0 Å². The third-order valence-corrected chi connectivity index (χ3v) is 4.09. The molecule has 22 heavy (non-hydrogen) atoms. The topological polar surface area (TPSA) is 55.8 Å². The van der Waals surface area contributed by atoms with Gasteiger partial charge in [-0.25, -0.2) is 9.59 Å². The standard InChI is InChI=1S/C17H27NO4/c1-5-21-15(19)10-13-8-12-6-7-14(9-13)18(11-12)16(20)22-17(2,3)4/h10,12,14H,5-9,11H2,1-4H3/b13-10+/t12?,14-/m0/s1. The van der Waals surface area contributed by atoms with Gasteiger partial charge in [-0.2, -0.15) is 0 Å². The Kier molecular flexibility index (Phi) is 5.14. The third kappa shape index (κ3) is 4.49. The summed E-state index contributed by atoms with van der Waals surface area (Å²) in [5.74, 6) is 0.134. The molecule has 0 aromatic rings. The molecule has 1 aliphatic carbocycles. The lowest BCUT2D eigenvalue weighted by atomic mass is 9.95. The van der Waals surface area contributed by atoms with Gasteiger partial charge in [0.05, 0.1) is 6.61 Å². The zero-order valence-corrected chi connectivity index (χ0v) is 14.1. The van der Waals surface area contributed by atoms with E-state index in [1.165, 1.54) is 0 Å². The van der Waals surface area contributed by atoms with Crippen LogP contribution in [0.3, 0.4) is 0 Å². The molecule has 2 bridgehead atoms. The van der Waals surface area contributed by atoms with Crippen LogP contribution in [0.2, 0.25) is 0 Å². The average Bonchev–Trinajstić information content (AvgIpc) is 2.66. The quantitative estimate of drug-likeness (QED) is 0.580. The Morgan fingerprint density at radius 2 is 2.00 bits per heavy atom. The maximum Gasteiger partial charge on any atom is 0.410 e. The fraction of sp³-hybridized carbons (Fsp3) is 0.765. The molecule has 5 heteroatoms. The Morgan fingerprint density at radius 3 is 2.64 bits per heavy atom. The van der Waals surface area contributed by atoms with Crippen molar-refractivity contribution in [2.45, 2.75) is 65.0 Å². The Hall–Kier alpha value is -1.52. The summed E-state index contributed by atoms with van der Waals surface area (Å²) in [5, 5.41) is 0. The normalized spacial score (nSPS) is 26.7. The van der Waals surface area contributed by atoms with E-state index in [-0.39, 0.29) is 18.1 Å². The van der Waals surface area contributed by atoms with Gasteiger partial charge in [0.1, 0.15) is 5.60 Å². The highest BCUT2D eigenvalue weighted by molar-refractivity contribution is 5.82. The predicted octanol–water partition coefficient (Wildman–Crippen LogP) is 3.29. The molecule has 3 aliphatic rings. The monoisotopic (exact) mass is 309 g/mol. The van der Waals surface area contributed by atoms with Crippen molar-refractivity contribution >= 4 is 12.1 Å². The third-order valence-electron chi connectivity index (χ3n) is 4.09. The number of hydrogen-bond acceptors (Lipinski definition) is 4. The van der Waals surface area contributed by atoms with E-state index >= 15 is 0 Å². The van der Waals surface area contributed by atoms with Crippen molar-refractivity contribution in [1.82, 2.24) is 4.90 Å². The van der Waals surface area contributed by atoms with Crippen LogP contribution in [0.4, 0.5) is 4.79 Å². The summed E-state index contributed by atoms with van der Waals surface area (Å²) in [6.45, 7) is 8.56. The first-order valence-corrected chi connectivity index (χ1v) is 8.14.